The third kappa shape index (κ3) is 8.29. The molecule has 0 rings (SSSR count). The quantitative estimate of drug-likeness (QED) is 0.505. The van der Waals surface area contributed by atoms with E-state index in [-0.39, 0.29) is 0 Å². The first kappa shape index (κ1) is 14.3. The van der Waals surface area contributed by atoms with Crippen molar-refractivity contribution in [2.75, 3.05) is 6.61 Å². The van der Waals surface area contributed by atoms with Crippen molar-refractivity contribution in [3.63, 3.8) is 0 Å². The van der Waals surface area contributed by atoms with Crippen LogP contribution in [0.25, 0.3) is 0 Å². The Bertz CT molecular complexity index is 123. The zero-order valence-electron chi connectivity index (χ0n) is 10.0. The second-order valence-electron chi connectivity index (χ2n) is 4.94. The Balaban J connectivity index is 3.32. The summed E-state index contributed by atoms with van der Waals surface area (Å²) >= 11 is -1.47. The summed E-state index contributed by atoms with van der Waals surface area (Å²) in [6, 6.07) is 0. The summed E-state index contributed by atoms with van der Waals surface area (Å²) in [5.41, 5.74) is 0. The number of hydrogen-bond donors (Lipinski definition) is 0. The fraction of sp³-hybridized carbons (Fsp3) is 1.00. The minimum absolute atomic E-state index is 0.841. The van der Waals surface area contributed by atoms with Crippen LogP contribution in [0.15, 0.2) is 0 Å². The van der Waals surface area contributed by atoms with E-state index in [1.807, 2.05) is 0 Å². The molecule has 0 aromatic carbocycles. The standard InChI is InChI=1S/C6H13O.C3H9Si.CH3.Y/c1-2-3-4-5-6-7;1-4(2)3;;/h2-6H2,1H3;1-3H3;1H3;/q-1;;;+1. The van der Waals surface area contributed by atoms with Crippen LogP contribution >= 0.6 is 0 Å². The molecule has 0 saturated carbocycles. The first-order valence-electron chi connectivity index (χ1n) is 5.60. The average molecular weight is 278 g/mol. The summed E-state index contributed by atoms with van der Waals surface area (Å²) in [7, 11) is 0. The molecule has 78 valence electrons. The zero-order chi connectivity index (χ0) is 10.3. The van der Waals surface area contributed by atoms with Crippen molar-refractivity contribution in [2.45, 2.75) is 56.0 Å². The third-order valence-corrected chi connectivity index (χ3v) is 25.8. The number of unbranched alkanes of at least 4 members (excludes halogenated alkanes) is 3. The summed E-state index contributed by atoms with van der Waals surface area (Å²) in [5.74, 6) is 0. The Morgan fingerprint density at radius 1 is 1.08 bits per heavy atom. The van der Waals surface area contributed by atoms with E-state index < -0.39 is 31.1 Å². The Hall–Kier alpha value is 1.28. The predicted molar refractivity (Wildman–Crippen MR) is 59.3 cm³/mol. The van der Waals surface area contributed by atoms with Crippen LogP contribution in [0, 0.1) is 0 Å². The monoisotopic (exact) mass is 278 g/mol. The summed E-state index contributed by atoms with van der Waals surface area (Å²) in [5, 5.41) is 0. The Morgan fingerprint density at radius 2 is 1.69 bits per heavy atom. The first-order chi connectivity index (χ1) is 5.98. The van der Waals surface area contributed by atoms with Gasteiger partial charge in [-0.25, -0.2) is 0 Å². The van der Waals surface area contributed by atoms with Gasteiger partial charge in [-0.1, -0.05) is 0 Å². The molecule has 0 fully saturated rings. The van der Waals surface area contributed by atoms with Crippen molar-refractivity contribution < 1.29 is 29.0 Å². The molecular formula is C10H25OSiY. The fourth-order valence-corrected chi connectivity index (χ4v) is 7.20. The van der Waals surface area contributed by atoms with E-state index in [2.05, 4.69) is 30.3 Å². The molecule has 0 heterocycles. The molecule has 3 heteroatoms. The van der Waals surface area contributed by atoms with Crippen LogP contribution in [0.3, 0.4) is 0 Å². The molecule has 0 aromatic rings. The van der Waals surface area contributed by atoms with Gasteiger partial charge in [0, 0.05) is 0 Å². The molecule has 0 aromatic heterocycles. The second-order valence-corrected chi connectivity index (χ2v) is 31.2. The first-order valence-corrected chi connectivity index (χ1v) is 17.4. The molecule has 0 saturated heterocycles. The van der Waals surface area contributed by atoms with Crippen molar-refractivity contribution in [1.29, 1.82) is 0 Å². The SMILES string of the molecule is CCCCCC[O][Y]([CH3])[Si](C)(C)C. The van der Waals surface area contributed by atoms with Crippen LogP contribution in [0.4, 0.5) is 0 Å². The van der Waals surface area contributed by atoms with Gasteiger partial charge in [0.25, 0.3) is 0 Å². The van der Waals surface area contributed by atoms with Gasteiger partial charge in [0.15, 0.2) is 0 Å². The molecule has 0 unspecified atom stereocenters. The van der Waals surface area contributed by atoms with Crippen LogP contribution in [0.5, 0.6) is 0 Å². The normalized spacial score (nSPS) is 11.8. The summed E-state index contributed by atoms with van der Waals surface area (Å²) in [6.45, 7) is 10.7. The van der Waals surface area contributed by atoms with Crippen LogP contribution in [-0.4, -0.2) is 10.7 Å². The molecule has 0 aliphatic carbocycles. The minimum atomic E-state index is -1.47. The van der Waals surface area contributed by atoms with Crippen molar-refractivity contribution in [1.82, 2.24) is 0 Å². The maximum atomic E-state index is 6.02. The van der Waals surface area contributed by atoms with Gasteiger partial charge in [-0.3, -0.25) is 0 Å². The van der Waals surface area contributed by atoms with Gasteiger partial charge in [-0.05, 0) is 0 Å². The zero-order valence-corrected chi connectivity index (χ0v) is 13.9. The third-order valence-electron chi connectivity index (χ3n) is 2.59. The van der Waals surface area contributed by atoms with Crippen LogP contribution < -0.4 is 0 Å². The number of hydrogen-bond acceptors (Lipinski definition) is 1. The molecular weight excluding hydrogens is 253 g/mol. The van der Waals surface area contributed by atoms with Crippen molar-refractivity contribution in [3.05, 3.63) is 0 Å². The molecule has 0 amide bonds. The summed E-state index contributed by atoms with van der Waals surface area (Å²) < 4.78 is 7.62. The predicted octanol–water partition coefficient (Wildman–Crippen LogP) is 4.00. The van der Waals surface area contributed by atoms with Gasteiger partial charge in [0.2, 0.25) is 0 Å². The molecule has 0 N–H and O–H groups in total. The Labute approximate surface area is 95.0 Å². The Kier molecular flexibility index (Phi) is 8.30. The van der Waals surface area contributed by atoms with Gasteiger partial charge in [0.05, 0.1) is 0 Å². The van der Waals surface area contributed by atoms with E-state index in [0.29, 0.717) is 0 Å². The molecule has 0 bridgehead atoms. The van der Waals surface area contributed by atoms with Gasteiger partial charge < -0.3 is 0 Å². The van der Waals surface area contributed by atoms with Crippen molar-refractivity contribution >= 4 is 4.09 Å². The van der Waals surface area contributed by atoms with E-state index in [4.69, 9.17) is 2.05 Å². The van der Waals surface area contributed by atoms with E-state index in [9.17, 15) is 0 Å². The molecule has 0 aliphatic rings. The molecule has 13 heavy (non-hydrogen) atoms. The van der Waals surface area contributed by atoms with Gasteiger partial charge in [0.1, 0.15) is 0 Å². The summed E-state index contributed by atoms with van der Waals surface area (Å²) in [4.78, 5) is 0. The fourth-order valence-electron chi connectivity index (χ4n) is 1.04. The van der Waals surface area contributed by atoms with Crippen molar-refractivity contribution in [3.8, 4) is 0 Å². The second kappa shape index (κ2) is 7.56. The summed E-state index contributed by atoms with van der Waals surface area (Å²) in [6.07, 6.45) is 5.35. The van der Waals surface area contributed by atoms with E-state index >= 15 is 0 Å². The van der Waals surface area contributed by atoms with Crippen LogP contribution in [0.2, 0.25) is 23.4 Å². The topological polar surface area (TPSA) is 9.23 Å². The average Bonchev–Trinajstić information content (AvgIpc) is 2.02. The van der Waals surface area contributed by atoms with E-state index in [1.165, 1.54) is 25.7 Å². The van der Waals surface area contributed by atoms with Gasteiger partial charge in [-0.15, -0.1) is 0 Å². The van der Waals surface area contributed by atoms with Gasteiger partial charge in [-0.2, -0.15) is 0 Å². The van der Waals surface area contributed by atoms with E-state index in [0.717, 1.165) is 6.61 Å². The number of rotatable bonds is 7. The van der Waals surface area contributed by atoms with E-state index in [1.54, 1.807) is 0 Å². The van der Waals surface area contributed by atoms with Crippen molar-refractivity contribution in [2.24, 2.45) is 0 Å². The van der Waals surface area contributed by atoms with Crippen LogP contribution in [-0.2, 0) is 29.0 Å². The Morgan fingerprint density at radius 3 is 2.15 bits per heavy atom. The van der Waals surface area contributed by atoms with Gasteiger partial charge >= 0.3 is 95.7 Å². The molecule has 0 spiro atoms. The molecule has 0 aliphatic heterocycles. The van der Waals surface area contributed by atoms with Crippen LogP contribution in [0.1, 0.15) is 32.6 Å². The molecule has 0 radical (unpaired) electrons. The maximum absolute atomic E-state index is 6.02. The molecule has 1 nitrogen and oxygen atoms in total. The molecule has 0 atom stereocenters.